The largest absolute Gasteiger partial charge is 0.466 e. The van der Waals surface area contributed by atoms with Gasteiger partial charge in [-0.15, -0.1) is 23.2 Å². The highest BCUT2D eigenvalue weighted by Crippen LogP contribution is 2.17. The maximum Gasteiger partial charge on any atom is 0.330 e. The fourth-order valence-electron chi connectivity index (χ4n) is 2.51. The number of methoxy groups -OCH3 is 1. The van der Waals surface area contributed by atoms with Crippen molar-refractivity contribution in [3.05, 3.63) is 65.7 Å². The van der Waals surface area contributed by atoms with Gasteiger partial charge in [-0.1, -0.05) is 12.1 Å². The molecular weight excluding hydrogens is 399 g/mol. The van der Waals surface area contributed by atoms with Crippen LogP contribution in [-0.4, -0.2) is 43.8 Å². The lowest BCUT2D eigenvalue weighted by Gasteiger charge is -2.22. The summed E-state index contributed by atoms with van der Waals surface area (Å²) in [6.07, 6.45) is 2.98. The Morgan fingerprint density at radius 1 is 1.00 bits per heavy atom. The van der Waals surface area contributed by atoms with Crippen molar-refractivity contribution in [2.24, 2.45) is 0 Å². The van der Waals surface area contributed by atoms with Crippen molar-refractivity contribution >= 4 is 52.5 Å². The highest BCUT2D eigenvalue weighted by atomic mass is 35.5. The van der Waals surface area contributed by atoms with Crippen LogP contribution in [0, 0.1) is 0 Å². The summed E-state index contributed by atoms with van der Waals surface area (Å²) in [7, 11) is 1.32. The zero-order chi connectivity index (χ0) is 20.4. The summed E-state index contributed by atoms with van der Waals surface area (Å²) in [5.41, 5.74) is 3.01. The number of carbonyl (C=O) groups excluding carboxylic acids is 2. The maximum atomic E-state index is 12.4. The topological polar surface area (TPSA) is 58.6 Å². The van der Waals surface area contributed by atoms with Gasteiger partial charge in [-0.3, -0.25) is 4.79 Å². The molecule has 0 saturated heterocycles. The molecule has 0 saturated carbocycles. The summed E-state index contributed by atoms with van der Waals surface area (Å²) >= 11 is 11.7. The van der Waals surface area contributed by atoms with Crippen LogP contribution in [0.25, 0.3) is 6.08 Å². The normalized spacial score (nSPS) is 10.7. The van der Waals surface area contributed by atoms with Crippen LogP contribution in [-0.2, 0) is 9.53 Å². The number of alkyl halides is 2. The Morgan fingerprint density at radius 2 is 1.61 bits per heavy atom. The molecule has 5 nitrogen and oxygen atoms in total. The number of carbonyl (C=O) groups is 2. The fraction of sp³-hybridized carbons (Fsp3) is 0.238. The smallest absolute Gasteiger partial charge is 0.330 e. The van der Waals surface area contributed by atoms with E-state index in [9.17, 15) is 9.59 Å². The molecule has 1 N–H and O–H groups in total. The second-order valence-electron chi connectivity index (χ2n) is 5.84. The summed E-state index contributed by atoms with van der Waals surface area (Å²) in [6.45, 7) is 1.38. The number of nitrogens with zero attached hydrogens (tertiary/aromatic N) is 1. The molecule has 0 aliphatic rings. The van der Waals surface area contributed by atoms with E-state index >= 15 is 0 Å². The van der Waals surface area contributed by atoms with Crippen LogP contribution in [0.15, 0.2) is 54.6 Å². The quantitative estimate of drug-likeness (QED) is 0.370. The Morgan fingerprint density at radius 3 is 2.14 bits per heavy atom. The number of anilines is 2. The lowest BCUT2D eigenvalue weighted by Crippen LogP contribution is -2.27. The van der Waals surface area contributed by atoms with Gasteiger partial charge in [0, 0.05) is 47.9 Å². The third-order valence-corrected chi connectivity index (χ3v) is 4.32. The number of nitrogens with one attached hydrogen (secondary N) is 1. The molecule has 0 unspecified atom stereocenters. The molecule has 0 fully saturated rings. The molecule has 1 amide bonds. The zero-order valence-corrected chi connectivity index (χ0v) is 17.0. The van der Waals surface area contributed by atoms with Crippen LogP contribution in [0.4, 0.5) is 11.4 Å². The van der Waals surface area contributed by atoms with Gasteiger partial charge in [0.2, 0.25) is 0 Å². The average Bonchev–Trinajstić information content (AvgIpc) is 2.73. The first-order chi connectivity index (χ1) is 13.6. The summed E-state index contributed by atoms with van der Waals surface area (Å²) in [6, 6.07) is 14.4. The molecular formula is C21H22Cl2N2O3. The van der Waals surface area contributed by atoms with Crippen molar-refractivity contribution in [3.8, 4) is 0 Å². The number of ether oxygens (including phenoxy) is 1. The summed E-state index contributed by atoms with van der Waals surface area (Å²) in [4.78, 5) is 25.6. The number of rotatable bonds is 9. The van der Waals surface area contributed by atoms with Crippen molar-refractivity contribution in [1.29, 1.82) is 0 Å². The average molecular weight is 421 g/mol. The molecule has 0 heterocycles. The van der Waals surface area contributed by atoms with Crippen molar-refractivity contribution in [3.63, 3.8) is 0 Å². The van der Waals surface area contributed by atoms with Gasteiger partial charge in [0.15, 0.2) is 0 Å². The van der Waals surface area contributed by atoms with E-state index in [2.05, 4.69) is 15.0 Å². The predicted octanol–water partition coefficient (Wildman–Crippen LogP) is 4.41. The lowest BCUT2D eigenvalue weighted by molar-refractivity contribution is -0.134. The summed E-state index contributed by atoms with van der Waals surface area (Å²) in [5, 5.41) is 2.85. The molecule has 0 aromatic heterocycles. The van der Waals surface area contributed by atoms with E-state index in [-0.39, 0.29) is 5.91 Å². The number of amides is 1. The van der Waals surface area contributed by atoms with Crippen molar-refractivity contribution in [2.45, 2.75) is 0 Å². The van der Waals surface area contributed by atoms with E-state index in [1.165, 1.54) is 13.2 Å². The van der Waals surface area contributed by atoms with Gasteiger partial charge in [0.1, 0.15) is 0 Å². The first kappa shape index (κ1) is 21.8. The molecule has 0 radical (unpaired) electrons. The minimum absolute atomic E-state index is 0.203. The Hall–Kier alpha value is -2.50. The molecule has 0 spiro atoms. The van der Waals surface area contributed by atoms with Gasteiger partial charge >= 0.3 is 5.97 Å². The van der Waals surface area contributed by atoms with E-state index < -0.39 is 5.97 Å². The Balaban J connectivity index is 2.00. The predicted molar refractivity (Wildman–Crippen MR) is 116 cm³/mol. The lowest BCUT2D eigenvalue weighted by atomic mass is 10.1. The van der Waals surface area contributed by atoms with Gasteiger partial charge in [-0.2, -0.15) is 0 Å². The van der Waals surface area contributed by atoms with Gasteiger partial charge in [0.25, 0.3) is 5.91 Å². The molecule has 0 aliphatic carbocycles. The molecule has 0 aliphatic heterocycles. The molecule has 0 bridgehead atoms. The third-order valence-electron chi connectivity index (χ3n) is 3.99. The fourth-order valence-corrected chi connectivity index (χ4v) is 2.92. The van der Waals surface area contributed by atoms with Crippen molar-refractivity contribution in [1.82, 2.24) is 0 Å². The second-order valence-corrected chi connectivity index (χ2v) is 6.60. The van der Waals surface area contributed by atoms with E-state index in [1.807, 2.05) is 12.1 Å². The molecule has 2 rings (SSSR count). The van der Waals surface area contributed by atoms with E-state index in [1.54, 1.807) is 42.5 Å². The van der Waals surface area contributed by atoms with Gasteiger partial charge in [0.05, 0.1) is 7.11 Å². The SMILES string of the molecule is COC(=O)C=Cc1ccc(NC(=O)c2ccc(N(CCCl)CCCl)cc2)cc1. The molecule has 2 aromatic rings. The van der Waals surface area contributed by atoms with Crippen LogP contribution in [0.2, 0.25) is 0 Å². The Labute approximate surface area is 174 Å². The highest BCUT2D eigenvalue weighted by molar-refractivity contribution is 6.18. The van der Waals surface area contributed by atoms with Gasteiger partial charge < -0.3 is 15.0 Å². The molecule has 7 heteroatoms. The van der Waals surface area contributed by atoms with Gasteiger partial charge in [-0.25, -0.2) is 4.79 Å². The van der Waals surface area contributed by atoms with Crippen LogP contribution in [0.3, 0.4) is 0 Å². The first-order valence-corrected chi connectivity index (χ1v) is 9.78. The number of benzene rings is 2. The minimum atomic E-state index is -0.420. The van der Waals surface area contributed by atoms with Crippen molar-refractivity contribution < 1.29 is 14.3 Å². The zero-order valence-electron chi connectivity index (χ0n) is 15.5. The monoisotopic (exact) mass is 420 g/mol. The number of hydrogen-bond donors (Lipinski definition) is 1. The van der Waals surface area contributed by atoms with Crippen LogP contribution in [0.1, 0.15) is 15.9 Å². The molecule has 2 aromatic carbocycles. The minimum Gasteiger partial charge on any atom is -0.466 e. The number of hydrogen-bond acceptors (Lipinski definition) is 4. The van der Waals surface area contributed by atoms with E-state index in [0.29, 0.717) is 36.1 Å². The van der Waals surface area contributed by atoms with Gasteiger partial charge in [-0.05, 0) is 48.0 Å². The van der Waals surface area contributed by atoms with E-state index in [0.717, 1.165) is 11.3 Å². The molecule has 28 heavy (non-hydrogen) atoms. The Bertz CT molecular complexity index is 799. The highest BCUT2D eigenvalue weighted by Gasteiger charge is 2.09. The summed E-state index contributed by atoms with van der Waals surface area (Å²) < 4.78 is 4.55. The first-order valence-electron chi connectivity index (χ1n) is 8.71. The maximum absolute atomic E-state index is 12.4. The third kappa shape index (κ3) is 6.59. The van der Waals surface area contributed by atoms with Crippen LogP contribution < -0.4 is 10.2 Å². The van der Waals surface area contributed by atoms with Crippen molar-refractivity contribution in [2.75, 3.05) is 42.2 Å². The van der Waals surface area contributed by atoms with E-state index in [4.69, 9.17) is 23.2 Å². The second kappa shape index (κ2) is 11.4. The molecule has 148 valence electrons. The molecule has 0 atom stereocenters. The Kier molecular flexibility index (Phi) is 8.85. The summed E-state index contributed by atoms with van der Waals surface area (Å²) in [5.74, 6) is 0.385. The van der Waals surface area contributed by atoms with Crippen LogP contribution in [0.5, 0.6) is 0 Å². The number of halogens is 2. The number of esters is 1. The standard InChI is InChI=1S/C21H22Cl2N2O3/c1-28-20(26)11-4-16-2-7-18(8-3-16)24-21(27)17-5-9-19(10-6-17)25(14-12-22)15-13-23/h2-11H,12-15H2,1H3,(H,24,27). The van der Waals surface area contributed by atoms with Crippen LogP contribution >= 0.6 is 23.2 Å².